The molecule has 45 heavy (non-hydrogen) atoms. The van der Waals surface area contributed by atoms with E-state index in [0.717, 1.165) is 16.4 Å². The number of aliphatic hydroxyl groups is 1. The van der Waals surface area contributed by atoms with E-state index in [4.69, 9.17) is 56.2 Å². The molecule has 0 aliphatic carbocycles. The summed E-state index contributed by atoms with van der Waals surface area (Å²) in [5, 5.41) is 29.4. The number of hydrogen-bond donors (Lipinski definition) is 4. The number of phenolic OH excluding ortho intramolecular Hbond substituents is 2. The zero-order valence-electron chi connectivity index (χ0n) is 23.1. The van der Waals surface area contributed by atoms with Gasteiger partial charge in [0.25, 0.3) is 0 Å². The van der Waals surface area contributed by atoms with Crippen LogP contribution >= 0.6 is 46.4 Å². The number of benzene rings is 4. The molecule has 0 saturated heterocycles. The molecule has 0 saturated carbocycles. The van der Waals surface area contributed by atoms with Gasteiger partial charge in [-0.3, -0.25) is 0 Å². The van der Waals surface area contributed by atoms with Gasteiger partial charge in [-0.15, -0.1) is 0 Å². The van der Waals surface area contributed by atoms with Crippen LogP contribution in [-0.2, 0) is 39.7 Å². The zero-order chi connectivity index (χ0) is 32.9. The molecule has 0 aliphatic rings. The quantitative estimate of drug-likeness (QED) is 0.131. The molecule has 0 atom stereocenters. The van der Waals surface area contributed by atoms with Crippen LogP contribution in [0.3, 0.4) is 0 Å². The summed E-state index contributed by atoms with van der Waals surface area (Å²) in [6.07, 6.45) is 0. The van der Waals surface area contributed by atoms with E-state index in [0.29, 0.717) is 22.4 Å². The molecule has 16 heteroatoms. The van der Waals surface area contributed by atoms with Gasteiger partial charge in [-0.25, -0.2) is 21.6 Å². The fourth-order valence-corrected chi connectivity index (χ4v) is 8.18. The highest BCUT2D eigenvalue weighted by Gasteiger charge is 2.30. The van der Waals surface area contributed by atoms with Crippen molar-refractivity contribution >= 4 is 66.5 Å². The molecule has 4 aromatic carbocycles. The molecule has 240 valence electrons. The maximum Gasteiger partial charge on any atom is 0.247 e. The number of aliphatic hydroxyl groups excluding tert-OH is 1. The van der Waals surface area contributed by atoms with Crippen LogP contribution in [0.25, 0.3) is 0 Å². The first kappa shape index (κ1) is 35.1. The van der Waals surface area contributed by atoms with Crippen molar-refractivity contribution in [2.24, 2.45) is 0 Å². The van der Waals surface area contributed by atoms with E-state index in [1.165, 1.54) is 12.1 Å². The minimum Gasteiger partial charge on any atom is -0.505 e. The molecular formula is C29H26Cl4N2O8S2. The van der Waals surface area contributed by atoms with Gasteiger partial charge in [0.2, 0.25) is 20.0 Å². The van der Waals surface area contributed by atoms with Gasteiger partial charge in [0.1, 0.15) is 22.1 Å². The number of hydrogen-bond acceptors (Lipinski definition) is 8. The number of ether oxygens (including phenoxy) is 1. The van der Waals surface area contributed by atoms with Crippen LogP contribution in [0, 0.1) is 0 Å². The Hall–Kier alpha value is -2.78. The van der Waals surface area contributed by atoms with E-state index in [9.17, 15) is 27.0 Å². The summed E-state index contributed by atoms with van der Waals surface area (Å²) in [7, 11) is -8.68. The average Bonchev–Trinajstić information content (AvgIpc) is 2.98. The van der Waals surface area contributed by atoms with E-state index < -0.39 is 41.3 Å². The molecule has 4 rings (SSSR count). The second-order valence-corrected chi connectivity index (χ2v) is 14.9. The van der Waals surface area contributed by atoms with Crippen LogP contribution in [0.1, 0.15) is 16.7 Å². The topological polar surface area (TPSA) is 153 Å². The Kier molecular flexibility index (Phi) is 11.5. The zero-order valence-corrected chi connectivity index (χ0v) is 27.8. The second-order valence-electron chi connectivity index (χ2n) is 9.61. The predicted octanol–water partition coefficient (Wildman–Crippen LogP) is 5.95. The number of halogens is 4. The van der Waals surface area contributed by atoms with Crippen LogP contribution in [0.4, 0.5) is 0 Å². The van der Waals surface area contributed by atoms with Crippen molar-refractivity contribution < 1.29 is 36.9 Å². The Labute approximate surface area is 280 Å². The minimum atomic E-state index is -4.43. The van der Waals surface area contributed by atoms with E-state index in [-0.39, 0.29) is 52.9 Å². The summed E-state index contributed by atoms with van der Waals surface area (Å²) in [4.78, 5) is -1.00. The largest absolute Gasteiger partial charge is 0.505 e. The van der Waals surface area contributed by atoms with Crippen LogP contribution in [0.5, 0.6) is 17.2 Å². The van der Waals surface area contributed by atoms with Crippen LogP contribution < -0.4 is 9.46 Å². The van der Waals surface area contributed by atoms with Crippen molar-refractivity contribution in [3.8, 4) is 17.2 Å². The summed E-state index contributed by atoms with van der Waals surface area (Å²) in [5.74, 6) is -0.911. The number of phenols is 2. The molecular weight excluding hydrogens is 710 g/mol. The van der Waals surface area contributed by atoms with Crippen LogP contribution in [-0.4, -0.2) is 49.7 Å². The lowest BCUT2D eigenvalue weighted by Crippen LogP contribution is -2.30. The lowest BCUT2D eigenvalue weighted by Gasteiger charge is -2.24. The van der Waals surface area contributed by atoms with Crippen LogP contribution in [0.15, 0.2) is 82.6 Å². The fourth-order valence-electron chi connectivity index (χ4n) is 4.25. The summed E-state index contributed by atoms with van der Waals surface area (Å²) in [5.41, 5.74) is 1.48. The van der Waals surface area contributed by atoms with E-state index in [2.05, 4.69) is 4.72 Å². The maximum absolute atomic E-state index is 14.0. The third-order valence-electron chi connectivity index (χ3n) is 6.33. The molecule has 0 bridgehead atoms. The van der Waals surface area contributed by atoms with Crippen molar-refractivity contribution in [3.63, 3.8) is 0 Å². The highest BCUT2D eigenvalue weighted by atomic mass is 35.5. The number of sulfonamides is 2. The number of nitrogens with zero attached hydrogens (tertiary/aromatic N) is 1. The summed E-state index contributed by atoms with van der Waals surface area (Å²) < 4.78 is 62.7. The maximum atomic E-state index is 14.0. The molecule has 0 radical (unpaired) electrons. The number of rotatable bonds is 13. The van der Waals surface area contributed by atoms with Gasteiger partial charge in [-0.1, -0.05) is 82.8 Å². The Morgan fingerprint density at radius 2 is 1.24 bits per heavy atom. The van der Waals surface area contributed by atoms with Gasteiger partial charge in [0, 0.05) is 29.7 Å². The predicted molar refractivity (Wildman–Crippen MR) is 172 cm³/mol. The van der Waals surface area contributed by atoms with E-state index >= 15 is 0 Å². The highest BCUT2D eigenvalue weighted by Crippen LogP contribution is 2.37. The summed E-state index contributed by atoms with van der Waals surface area (Å²) in [6, 6.07) is 17.7. The number of aromatic hydroxyl groups is 2. The monoisotopic (exact) mass is 734 g/mol. The molecule has 0 spiro atoms. The van der Waals surface area contributed by atoms with Gasteiger partial charge in [-0.05, 0) is 53.1 Å². The van der Waals surface area contributed by atoms with Gasteiger partial charge in [0.15, 0.2) is 11.5 Å². The van der Waals surface area contributed by atoms with Crippen molar-refractivity contribution in [3.05, 3.63) is 110 Å². The SMILES string of the molecule is O=S(=O)(NCc1cccc(CN(Cc2cccc(OCCO)c2)S(=O)(=O)c2cc(Cl)cc(Cl)c2O)c1)c1cc(Cl)cc(Cl)c1O. The summed E-state index contributed by atoms with van der Waals surface area (Å²) in [6.45, 7) is -0.769. The molecule has 4 aromatic rings. The van der Waals surface area contributed by atoms with Crippen molar-refractivity contribution in [1.29, 1.82) is 0 Å². The Morgan fingerprint density at radius 1 is 0.711 bits per heavy atom. The molecule has 10 nitrogen and oxygen atoms in total. The first-order valence-corrected chi connectivity index (χ1v) is 17.4. The van der Waals surface area contributed by atoms with Crippen LogP contribution in [0.2, 0.25) is 20.1 Å². The van der Waals surface area contributed by atoms with Crippen molar-refractivity contribution in [2.45, 2.75) is 29.4 Å². The number of nitrogens with one attached hydrogen (secondary N) is 1. The van der Waals surface area contributed by atoms with Gasteiger partial charge >= 0.3 is 0 Å². The molecule has 0 fully saturated rings. The smallest absolute Gasteiger partial charge is 0.247 e. The van der Waals surface area contributed by atoms with E-state index in [1.54, 1.807) is 48.5 Å². The Morgan fingerprint density at radius 3 is 1.87 bits per heavy atom. The first-order chi connectivity index (χ1) is 21.2. The van der Waals surface area contributed by atoms with Crippen molar-refractivity contribution in [2.75, 3.05) is 13.2 Å². The molecule has 0 aliphatic heterocycles. The normalized spacial score (nSPS) is 12.0. The Balaban J connectivity index is 1.65. The summed E-state index contributed by atoms with van der Waals surface area (Å²) >= 11 is 23.9. The third kappa shape index (κ3) is 8.73. The minimum absolute atomic E-state index is 0.00275. The molecule has 0 amide bonds. The van der Waals surface area contributed by atoms with Gasteiger partial charge in [-0.2, -0.15) is 4.31 Å². The fraction of sp³-hybridized carbons (Fsp3) is 0.172. The molecule has 4 N–H and O–H groups in total. The lowest BCUT2D eigenvalue weighted by atomic mass is 10.1. The second kappa shape index (κ2) is 14.8. The standard InChI is InChI=1S/C29H26Cl4N2O8S2/c30-21-11-24(32)28(37)26(13-21)44(39,40)34-15-18-3-1-4-19(9-18)16-35(17-20-5-2-6-23(10-20)43-8-7-36)45(41,42)27-14-22(31)12-25(33)29(27)38/h1-6,9-14,34,36-38H,7-8,15-17H2. The molecule has 0 unspecified atom stereocenters. The van der Waals surface area contributed by atoms with Gasteiger partial charge in [0.05, 0.1) is 16.7 Å². The average molecular weight is 736 g/mol. The first-order valence-electron chi connectivity index (χ1n) is 13.0. The Bertz CT molecular complexity index is 1930. The highest BCUT2D eigenvalue weighted by molar-refractivity contribution is 7.89. The van der Waals surface area contributed by atoms with E-state index in [1.807, 2.05) is 0 Å². The lowest BCUT2D eigenvalue weighted by molar-refractivity contribution is 0.201. The van der Waals surface area contributed by atoms with Gasteiger partial charge < -0.3 is 20.1 Å². The molecule has 0 heterocycles. The van der Waals surface area contributed by atoms with Crippen molar-refractivity contribution in [1.82, 2.24) is 9.03 Å². The molecule has 0 aromatic heterocycles. The third-order valence-corrected chi connectivity index (χ3v) is 10.6.